The maximum Gasteiger partial charge on any atom is 0.410 e. The minimum atomic E-state index is -0.787. The molecule has 2 amide bonds. The summed E-state index contributed by atoms with van der Waals surface area (Å²) in [7, 11) is 1.57. The molecule has 236 valence electrons. The first-order chi connectivity index (χ1) is 21.5. The molecule has 1 aliphatic heterocycles. The molecule has 3 heterocycles. The third-order valence-electron chi connectivity index (χ3n) is 7.06. The molecule has 5 rings (SSSR count). The van der Waals surface area contributed by atoms with Gasteiger partial charge in [-0.1, -0.05) is 6.07 Å². The molecule has 1 aliphatic rings. The number of hydrogen-bond acceptors (Lipinski definition) is 10. The fourth-order valence-corrected chi connectivity index (χ4v) is 4.81. The molecule has 0 unspecified atom stereocenters. The lowest BCUT2D eigenvalue weighted by Crippen LogP contribution is -2.54. The van der Waals surface area contributed by atoms with Crippen LogP contribution in [0.15, 0.2) is 61.1 Å². The van der Waals surface area contributed by atoms with E-state index in [0.717, 1.165) is 5.69 Å². The van der Waals surface area contributed by atoms with Crippen LogP contribution in [0, 0.1) is 6.92 Å². The van der Waals surface area contributed by atoms with Gasteiger partial charge in [0.1, 0.15) is 29.2 Å². The molecule has 0 aliphatic carbocycles. The minimum absolute atomic E-state index is 0.175. The Bertz CT molecular complexity index is 1660. The predicted molar refractivity (Wildman–Crippen MR) is 169 cm³/mol. The van der Waals surface area contributed by atoms with Crippen LogP contribution in [0.1, 0.15) is 33.4 Å². The van der Waals surface area contributed by atoms with Crippen molar-refractivity contribution in [2.24, 2.45) is 0 Å². The second-order valence-electron chi connectivity index (χ2n) is 11.7. The molecule has 0 spiro atoms. The molecule has 1 N–H and O–H groups in total. The summed E-state index contributed by atoms with van der Waals surface area (Å²) in [6.45, 7) is 10.7. The average molecular weight is 615 g/mol. The zero-order valence-electron chi connectivity index (χ0n) is 26.4. The van der Waals surface area contributed by atoms with E-state index < -0.39 is 11.7 Å². The number of aryl methyl sites for hydroxylation is 1. The third kappa shape index (κ3) is 7.69. The van der Waals surface area contributed by atoms with E-state index in [0.29, 0.717) is 71.6 Å². The standard InChI is InChI=1S/C33H38N6O6/c1-21-10-12-24(19-34-21)44-26-13-11-23(18-28(26)42-6)37-30-29-25(35-20-36-30)8-7-9-27(29)43-22(2)31(40)38-14-16-39(17-15-38)32(41)45-33(3,4)5/h7-13,18-20,22H,14-17H2,1-6H3,(H,35,36,37)/t22-/m1/s1. The zero-order valence-corrected chi connectivity index (χ0v) is 26.4. The fourth-order valence-electron chi connectivity index (χ4n) is 4.81. The van der Waals surface area contributed by atoms with E-state index in [1.807, 2.05) is 58.0 Å². The number of hydrogen-bond donors (Lipinski definition) is 1. The minimum Gasteiger partial charge on any atom is -0.493 e. The lowest BCUT2D eigenvalue weighted by Gasteiger charge is -2.36. The van der Waals surface area contributed by atoms with Crippen molar-refractivity contribution >= 4 is 34.4 Å². The molecule has 1 atom stereocenters. The Morgan fingerprint density at radius 1 is 0.911 bits per heavy atom. The first kappa shape index (κ1) is 31.3. The van der Waals surface area contributed by atoms with E-state index in [4.69, 9.17) is 18.9 Å². The SMILES string of the molecule is COc1cc(Nc2ncnc3cccc(O[C@H](C)C(=O)N4CCN(C(=O)OC(C)(C)C)CC4)c23)ccc1Oc1ccc(C)nc1. The van der Waals surface area contributed by atoms with Gasteiger partial charge in [-0.05, 0) is 71.0 Å². The Morgan fingerprint density at radius 2 is 1.67 bits per heavy atom. The van der Waals surface area contributed by atoms with Gasteiger partial charge in [0.15, 0.2) is 17.6 Å². The largest absolute Gasteiger partial charge is 0.493 e. The number of piperazine rings is 1. The zero-order chi connectivity index (χ0) is 32.1. The van der Waals surface area contributed by atoms with E-state index >= 15 is 0 Å². The van der Waals surface area contributed by atoms with E-state index in [1.54, 1.807) is 48.2 Å². The van der Waals surface area contributed by atoms with Gasteiger partial charge >= 0.3 is 6.09 Å². The number of ether oxygens (including phenoxy) is 4. The van der Waals surface area contributed by atoms with E-state index in [2.05, 4.69) is 20.3 Å². The molecule has 45 heavy (non-hydrogen) atoms. The molecule has 0 bridgehead atoms. The van der Waals surface area contributed by atoms with Gasteiger partial charge in [-0.15, -0.1) is 0 Å². The van der Waals surface area contributed by atoms with Gasteiger partial charge in [-0.3, -0.25) is 9.78 Å². The number of pyridine rings is 1. The van der Waals surface area contributed by atoms with Crippen LogP contribution < -0.4 is 19.5 Å². The summed E-state index contributed by atoms with van der Waals surface area (Å²) in [4.78, 5) is 42.3. The van der Waals surface area contributed by atoms with Crippen LogP contribution in [0.25, 0.3) is 10.9 Å². The van der Waals surface area contributed by atoms with E-state index in [1.165, 1.54) is 6.33 Å². The first-order valence-corrected chi connectivity index (χ1v) is 14.7. The van der Waals surface area contributed by atoms with Crippen LogP contribution in [0.3, 0.4) is 0 Å². The summed E-state index contributed by atoms with van der Waals surface area (Å²) in [5.41, 5.74) is 1.66. The van der Waals surface area contributed by atoms with Crippen molar-refractivity contribution in [2.75, 3.05) is 38.6 Å². The summed E-state index contributed by atoms with van der Waals surface area (Å²) < 4.78 is 23.3. The highest BCUT2D eigenvalue weighted by Crippen LogP contribution is 2.37. The Hall–Kier alpha value is -5.13. The van der Waals surface area contributed by atoms with Crippen molar-refractivity contribution in [2.45, 2.75) is 46.3 Å². The number of anilines is 2. The van der Waals surface area contributed by atoms with Gasteiger partial charge in [-0.2, -0.15) is 0 Å². The molecule has 2 aromatic carbocycles. The monoisotopic (exact) mass is 614 g/mol. The number of benzene rings is 2. The van der Waals surface area contributed by atoms with Crippen LogP contribution >= 0.6 is 0 Å². The van der Waals surface area contributed by atoms with Crippen molar-refractivity contribution < 1.29 is 28.5 Å². The molecule has 2 aromatic heterocycles. The Kier molecular flexibility index (Phi) is 9.21. The molecular formula is C33H38N6O6. The number of nitrogens with zero attached hydrogens (tertiary/aromatic N) is 5. The summed E-state index contributed by atoms with van der Waals surface area (Å²) in [5, 5.41) is 3.96. The molecule has 0 radical (unpaired) electrons. The summed E-state index contributed by atoms with van der Waals surface area (Å²) in [6, 6.07) is 14.6. The normalized spacial score (nSPS) is 14.1. The Balaban J connectivity index is 1.29. The summed E-state index contributed by atoms with van der Waals surface area (Å²) in [6.07, 6.45) is 1.96. The van der Waals surface area contributed by atoms with E-state index in [9.17, 15) is 9.59 Å². The highest BCUT2D eigenvalue weighted by molar-refractivity contribution is 5.96. The van der Waals surface area contributed by atoms with Crippen molar-refractivity contribution in [1.29, 1.82) is 0 Å². The average Bonchev–Trinajstić information content (AvgIpc) is 3.02. The van der Waals surface area contributed by atoms with Crippen LogP contribution in [0.4, 0.5) is 16.3 Å². The molecule has 1 fully saturated rings. The van der Waals surface area contributed by atoms with Gasteiger partial charge in [0, 0.05) is 43.6 Å². The Labute approximate surface area is 262 Å². The van der Waals surface area contributed by atoms with Crippen molar-refractivity contribution in [3.63, 3.8) is 0 Å². The van der Waals surface area contributed by atoms with Crippen LogP contribution in [-0.2, 0) is 9.53 Å². The van der Waals surface area contributed by atoms with Gasteiger partial charge in [0.2, 0.25) is 0 Å². The quantitative estimate of drug-likeness (QED) is 0.263. The van der Waals surface area contributed by atoms with Gasteiger partial charge < -0.3 is 34.1 Å². The van der Waals surface area contributed by atoms with Crippen molar-refractivity contribution in [3.05, 3.63) is 66.7 Å². The highest BCUT2D eigenvalue weighted by atomic mass is 16.6. The third-order valence-corrected chi connectivity index (χ3v) is 7.06. The van der Waals surface area contributed by atoms with Gasteiger partial charge in [0.25, 0.3) is 5.91 Å². The number of fused-ring (bicyclic) bond motifs is 1. The van der Waals surface area contributed by atoms with Crippen LogP contribution in [0.2, 0.25) is 0 Å². The number of methoxy groups -OCH3 is 1. The molecule has 12 heteroatoms. The van der Waals surface area contributed by atoms with Crippen LogP contribution in [-0.4, -0.2) is 81.7 Å². The van der Waals surface area contributed by atoms with Gasteiger partial charge in [0.05, 0.1) is 24.2 Å². The number of nitrogens with one attached hydrogen (secondary N) is 1. The molecule has 0 saturated carbocycles. The number of aromatic nitrogens is 3. The molecule has 12 nitrogen and oxygen atoms in total. The predicted octanol–water partition coefficient (Wildman–Crippen LogP) is 5.72. The van der Waals surface area contributed by atoms with Crippen LogP contribution in [0.5, 0.6) is 23.0 Å². The highest BCUT2D eigenvalue weighted by Gasteiger charge is 2.30. The van der Waals surface area contributed by atoms with E-state index in [-0.39, 0.29) is 12.0 Å². The van der Waals surface area contributed by atoms with Gasteiger partial charge in [-0.25, -0.2) is 14.8 Å². The topological polar surface area (TPSA) is 128 Å². The van der Waals surface area contributed by atoms with Crippen molar-refractivity contribution in [1.82, 2.24) is 24.8 Å². The molecule has 4 aromatic rings. The summed E-state index contributed by atoms with van der Waals surface area (Å²) in [5.74, 6) is 2.43. The number of rotatable bonds is 8. The molecular weight excluding hydrogens is 576 g/mol. The maximum absolute atomic E-state index is 13.4. The maximum atomic E-state index is 13.4. The smallest absolute Gasteiger partial charge is 0.410 e. The number of carbonyl (C=O) groups excluding carboxylic acids is 2. The Morgan fingerprint density at radius 3 is 2.36 bits per heavy atom. The summed E-state index contributed by atoms with van der Waals surface area (Å²) >= 11 is 0. The second-order valence-corrected chi connectivity index (χ2v) is 11.7. The number of amides is 2. The lowest BCUT2D eigenvalue weighted by atomic mass is 10.2. The van der Waals surface area contributed by atoms with Crippen molar-refractivity contribution in [3.8, 4) is 23.0 Å². The lowest BCUT2D eigenvalue weighted by molar-refractivity contribution is -0.139. The molecule has 1 saturated heterocycles. The first-order valence-electron chi connectivity index (χ1n) is 14.7. The second kappa shape index (κ2) is 13.2. The fraction of sp³-hybridized carbons (Fsp3) is 0.364. The number of carbonyl (C=O) groups is 2.